The molecule has 7 fully saturated rings. The Balaban J connectivity index is 1.24. The number of fused-ring (bicyclic) bond motifs is 2. The Morgan fingerprint density at radius 3 is 2.36 bits per heavy atom. The van der Waals surface area contributed by atoms with Crippen molar-refractivity contribution in [2.75, 3.05) is 38.8 Å². The molecule has 5 saturated carbocycles. The molecule has 0 unspecified atom stereocenters. The molecule has 7 bridgehead atoms. The highest BCUT2D eigenvalue weighted by atomic mass is 16.6. The minimum absolute atomic E-state index is 0.0559. The Bertz CT molecular complexity index is 1750. The number of imide groups is 1. The number of ether oxygens (including phenoxy) is 5. The van der Waals surface area contributed by atoms with Gasteiger partial charge in [0, 0.05) is 82.0 Å². The van der Waals surface area contributed by atoms with Gasteiger partial charge in [-0.3, -0.25) is 24.1 Å². The number of anilines is 1. The fraction of sp³-hybridized carbons (Fsp3) is 0.718. The van der Waals surface area contributed by atoms with Gasteiger partial charge in [-0.1, -0.05) is 26.0 Å². The number of carbonyl (C=O) groups is 5. The molecule has 1 spiro atoms. The maximum absolute atomic E-state index is 14.1. The van der Waals surface area contributed by atoms with Crippen molar-refractivity contribution in [2.24, 2.45) is 40.4 Å². The third kappa shape index (κ3) is 4.53. The first-order valence-corrected chi connectivity index (χ1v) is 18.9. The summed E-state index contributed by atoms with van der Waals surface area (Å²) < 4.78 is 30.9. The van der Waals surface area contributed by atoms with E-state index in [4.69, 9.17) is 23.7 Å². The molecule has 2 aliphatic heterocycles. The predicted molar refractivity (Wildman–Crippen MR) is 184 cm³/mol. The maximum atomic E-state index is 14.1. The molecule has 7 aliphatic rings. The van der Waals surface area contributed by atoms with E-state index >= 15 is 0 Å². The van der Waals surface area contributed by atoms with Crippen LogP contribution < -0.4 is 4.90 Å². The highest BCUT2D eigenvalue weighted by molar-refractivity contribution is 6.22. The van der Waals surface area contributed by atoms with Crippen molar-refractivity contribution in [3.63, 3.8) is 0 Å². The van der Waals surface area contributed by atoms with Crippen LogP contribution in [0.1, 0.15) is 70.2 Å². The average Bonchev–Trinajstić information content (AvgIpc) is 3.62. The number of hydrogen-bond donors (Lipinski definition) is 2. The second kappa shape index (κ2) is 12.3. The Labute approximate surface area is 308 Å². The van der Waals surface area contributed by atoms with Crippen LogP contribution in [0.3, 0.4) is 0 Å². The van der Waals surface area contributed by atoms with Gasteiger partial charge in [-0.05, 0) is 43.9 Å². The molecular weight excluding hydrogens is 688 g/mol. The number of likely N-dealkylation sites (N-methyl/N-ethyl adjacent to an activating group) is 1. The van der Waals surface area contributed by atoms with Crippen molar-refractivity contribution in [3.8, 4) is 0 Å². The Hall–Kier alpha value is -3.43. The van der Waals surface area contributed by atoms with Gasteiger partial charge in [0.05, 0.1) is 36.1 Å². The molecule has 14 nitrogen and oxygen atoms in total. The lowest BCUT2D eigenvalue weighted by atomic mass is 9.42. The summed E-state index contributed by atoms with van der Waals surface area (Å²) in [7, 11) is 3.17. The summed E-state index contributed by atoms with van der Waals surface area (Å²) in [5.41, 5.74) is -5.22. The van der Waals surface area contributed by atoms with Crippen molar-refractivity contribution in [1.82, 2.24) is 4.90 Å². The largest absolute Gasteiger partial charge is 0.462 e. The van der Waals surface area contributed by atoms with E-state index in [2.05, 4.69) is 4.90 Å². The van der Waals surface area contributed by atoms with Crippen molar-refractivity contribution in [1.29, 1.82) is 0 Å². The quantitative estimate of drug-likeness (QED) is 0.213. The minimum Gasteiger partial charge on any atom is -0.462 e. The summed E-state index contributed by atoms with van der Waals surface area (Å²) in [6, 6.07) is 5.78. The van der Waals surface area contributed by atoms with Gasteiger partial charge in [0.1, 0.15) is 23.4 Å². The zero-order valence-corrected chi connectivity index (χ0v) is 31.1. The first-order valence-electron chi connectivity index (χ1n) is 18.9. The number of esters is 3. The monoisotopic (exact) mass is 738 g/mol. The number of likely N-dealkylation sites (tertiary alicyclic amines) is 1. The molecule has 14 atom stereocenters. The Morgan fingerprint density at radius 2 is 1.74 bits per heavy atom. The summed E-state index contributed by atoms with van der Waals surface area (Å²) in [6.07, 6.45) is -1.48. The summed E-state index contributed by atoms with van der Waals surface area (Å²) in [5, 5.41) is 26.8. The molecular formula is C39H50N2O12. The third-order valence-corrected chi connectivity index (χ3v) is 14.6. The maximum Gasteiger partial charge on any atom is 0.340 e. The van der Waals surface area contributed by atoms with Crippen LogP contribution in [0.15, 0.2) is 24.3 Å². The number of rotatable bonds is 9. The highest BCUT2D eigenvalue weighted by Crippen LogP contribution is 2.80. The van der Waals surface area contributed by atoms with E-state index in [1.165, 1.54) is 21.0 Å². The third-order valence-electron chi connectivity index (χ3n) is 14.6. The lowest BCUT2D eigenvalue weighted by Gasteiger charge is -2.70. The van der Waals surface area contributed by atoms with Gasteiger partial charge in [-0.25, -0.2) is 9.69 Å². The number of methoxy groups -OCH3 is 2. The molecule has 288 valence electrons. The van der Waals surface area contributed by atoms with Crippen molar-refractivity contribution < 1.29 is 57.9 Å². The SMILES string of the molecule is CCN1C[C@]2(COC(=O)c3ccccc3N3C(=O)C[C@H](C)C3=O)CC[C@H](OC)[C@@]34[C@@H]5C[C@H]6[C@H](OC(C)=O)[C@@H]5[C@](O)(C[C@@H]6OC(C)=O)[C@@](O)([C@H]13)[C@@H](OC)[C@H]24. The Kier molecular flexibility index (Phi) is 8.47. The van der Waals surface area contributed by atoms with Crippen LogP contribution in [0.25, 0.3) is 0 Å². The summed E-state index contributed by atoms with van der Waals surface area (Å²) in [6.45, 7) is 7.14. The number of benzene rings is 1. The van der Waals surface area contributed by atoms with Crippen LogP contribution in [0.4, 0.5) is 5.69 Å². The molecule has 5 aliphatic carbocycles. The number of para-hydroxylation sites is 1. The van der Waals surface area contributed by atoms with Crippen LogP contribution in [-0.2, 0) is 42.9 Å². The number of amides is 2. The standard InChI is InChI=1S/C39H50N2O12/c1-7-40-17-36(18-51-34(46)22-10-8-9-11-25(22)41-28(44)14-19(2)33(41)45)13-12-27(49-5)38-24-15-23-26(52-20(3)42)16-37(47,29(24)30(23)53-21(4)43)39(48,35(38)40)32(50-6)31(36)38/h8-11,19,23-24,26-27,29-32,35,47-48H,7,12-18H2,1-6H3/t19-,23+,24+,26-,27-,29+,30-,31+,32-,35+,36-,37+,38+,39-/m0/s1. The van der Waals surface area contributed by atoms with Crippen molar-refractivity contribution >= 4 is 35.4 Å². The molecule has 14 heteroatoms. The molecule has 0 radical (unpaired) electrons. The molecule has 2 amide bonds. The second-order valence-corrected chi connectivity index (χ2v) is 16.7. The number of piperidine rings is 1. The molecule has 2 saturated heterocycles. The zero-order chi connectivity index (χ0) is 38.0. The van der Waals surface area contributed by atoms with Gasteiger partial charge in [0.15, 0.2) is 0 Å². The van der Waals surface area contributed by atoms with Crippen molar-refractivity contribution in [2.45, 2.75) is 101 Å². The van der Waals surface area contributed by atoms with Gasteiger partial charge in [0.2, 0.25) is 11.8 Å². The molecule has 2 N–H and O–H groups in total. The molecule has 1 aromatic carbocycles. The van der Waals surface area contributed by atoms with Gasteiger partial charge in [-0.2, -0.15) is 0 Å². The minimum atomic E-state index is -1.94. The number of nitrogens with zero attached hydrogens (tertiary/aromatic N) is 2. The fourth-order valence-electron chi connectivity index (χ4n) is 13.3. The van der Waals surface area contributed by atoms with E-state index in [1.54, 1.807) is 38.3 Å². The Morgan fingerprint density at radius 1 is 1.02 bits per heavy atom. The topological polar surface area (TPSA) is 178 Å². The van der Waals surface area contributed by atoms with Gasteiger partial charge >= 0.3 is 17.9 Å². The summed E-state index contributed by atoms with van der Waals surface area (Å²) >= 11 is 0. The first-order chi connectivity index (χ1) is 25.2. The van der Waals surface area contributed by atoms with E-state index in [1.807, 2.05) is 6.92 Å². The van der Waals surface area contributed by atoms with E-state index < -0.39 is 94.1 Å². The molecule has 2 heterocycles. The average molecular weight is 739 g/mol. The number of hydrogen-bond acceptors (Lipinski definition) is 13. The lowest BCUT2D eigenvalue weighted by molar-refractivity contribution is -0.318. The summed E-state index contributed by atoms with van der Waals surface area (Å²) in [4.78, 5) is 68.3. The normalized spacial score (nSPS) is 44.9. The zero-order valence-electron chi connectivity index (χ0n) is 31.1. The first kappa shape index (κ1) is 36.5. The van der Waals surface area contributed by atoms with E-state index in [9.17, 15) is 34.2 Å². The molecule has 1 aromatic rings. The number of aliphatic hydroxyl groups is 2. The van der Waals surface area contributed by atoms with Crippen LogP contribution in [-0.4, -0.2) is 120 Å². The van der Waals surface area contributed by atoms with Crippen LogP contribution in [0.5, 0.6) is 0 Å². The molecule has 0 aromatic heterocycles. The lowest BCUT2D eigenvalue weighted by Crippen LogP contribution is -2.82. The smallest absolute Gasteiger partial charge is 0.340 e. The predicted octanol–water partition coefficient (Wildman–Crippen LogP) is 1.87. The van der Waals surface area contributed by atoms with E-state index in [0.29, 0.717) is 32.4 Å². The van der Waals surface area contributed by atoms with Gasteiger partial charge < -0.3 is 33.9 Å². The highest BCUT2D eigenvalue weighted by Gasteiger charge is 2.92. The van der Waals surface area contributed by atoms with Crippen LogP contribution >= 0.6 is 0 Å². The van der Waals surface area contributed by atoms with Crippen LogP contribution in [0, 0.1) is 40.4 Å². The second-order valence-electron chi connectivity index (χ2n) is 16.7. The number of carbonyl (C=O) groups excluding carboxylic acids is 5. The van der Waals surface area contributed by atoms with Gasteiger partial charge in [0.25, 0.3) is 0 Å². The van der Waals surface area contributed by atoms with Gasteiger partial charge in [-0.15, -0.1) is 0 Å². The molecule has 8 rings (SSSR count). The van der Waals surface area contributed by atoms with E-state index in [0.717, 1.165) is 4.90 Å². The van der Waals surface area contributed by atoms with Crippen LogP contribution in [0.2, 0.25) is 0 Å². The summed E-state index contributed by atoms with van der Waals surface area (Å²) in [5.74, 6) is -4.99. The molecule has 53 heavy (non-hydrogen) atoms. The van der Waals surface area contributed by atoms with Crippen molar-refractivity contribution in [3.05, 3.63) is 29.8 Å². The van der Waals surface area contributed by atoms with E-state index in [-0.39, 0.29) is 48.4 Å². The fourth-order valence-corrected chi connectivity index (χ4v) is 13.3.